The summed E-state index contributed by atoms with van der Waals surface area (Å²) in [5.74, 6) is -0.420. The van der Waals surface area contributed by atoms with Gasteiger partial charge in [-0.1, -0.05) is 29.8 Å². The number of hydrogen-bond donors (Lipinski definition) is 2. The number of halogens is 1. The van der Waals surface area contributed by atoms with Crippen molar-refractivity contribution >= 4 is 23.4 Å². The molecular weight excluding hydrogens is 328 g/mol. The molecule has 0 unspecified atom stereocenters. The van der Waals surface area contributed by atoms with Gasteiger partial charge in [0.15, 0.2) is 0 Å². The lowest BCUT2D eigenvalue weighted by Crippen LogP contribution is -2.27. The molecule has 0 atom stereocenters. The second kappa shape index (κ2) is 9.05. The fraction of sp³-hybridized carbons (Fsp3) is 0.222. The summed E-state index contributed by atoms with van der Waals surface area (Å²) in [4.78, 5) is 24.0. The van der Waals surface area contributed by atoms with Gasteiger partial charge in [0.25, 0.3) is 11.8 Å². The van der Waals surface area contributed by atoms with E-state index in [1.54, 1.807) is 37.4 Å². The first kappa shape index (κ1) is 18.0. The van der Waals surface area contributed by atoms with E-state index in [4.69, 9.17) is 16.3 Å². The van der Waals surface area contributed by atoms with Crippen LogP contribution in [0.1, 0.15) is 26.3 Å². The lowest BCUT2D eigenvalue weighted by atomic mass is 10.1. The summed E-state index contributed by atoms with van der Waals surface area (Å²) in [6.45, 7) is 1.24. The molecule has 24 heavy (non-hydrogen) atoms. The number of ether oxygens (including phenoxy) is 1. The number of methoxy groups -OCH3 is 1. The summed E-state index contributed by atoms with van der Waals surface area (Å²) < 4.78 is 4.87. The monoisotopic (exact) mass is 346 g/mol. The minimum Gasteiger partial charge on any atom is -0.383 e. The maximum Gasteiger partial charge on any atom is 0.251 e. The highest BCUT2D eigenvalue weighted by Gasteiger charge is 2.09. The molecule has 0 saturated carbocycles. The van der Waals surface area contributed by atoms with E-state index in [0.717, 1.165) is 5.56 Å². The zero-order valence-electron chi connectivity index (χ0n) is 13.3. The van der Waals surface area contributed by atoms with Crippen LogP contribution in [0.4, 0.5) is 0 Å². The van der Waals surface area contributed by atoms with Gasteiger partial charge in [-0.05, 0) is 35.9 Å². The molecule has 6 heteroatoms. The summed E-state index contributed by atoms with van der Waals surface area (Å²) in [5, 5.41) is 6.14. The molecule has 0 aliphatic carbocycles. The summed E-state index contributed by atoms with van der Waals surface area (Å²) in [6.07, 6.45) is 0. The lowest BCUT2D eigenvalue weighted by Gasteiger charge is -2.08. The van der Waals surface area contributed by atoms with Crippen molar-refractivity contribution in [3.05, 3.63) is 70.2 Å². The van der Waals surface area contributed by atoms with Gasteiger partial charge in [-0.2, -0.15) is 0 Å². The van der Waals surface area contributed by atoms with Gasteiger partial charge in [0, 0.05) is 36.3 Å². The SMILES string of the molecule is COCCNC(=O)c1ccc(C(=O)NCc2ccccc2Cl)cc1. The second-order valence-corrected chi connectivity index (χ2v) is 5.51. The maximum absolute atomic E-state index is 12.2. The second-order valence-electron chi connectivity index (χ2n) is 5.10. The van der Waals surface area contributed by atoms with Gasteiger partial charge in [-0.15, -0.1) is 0 Å². The van der Waals surface area contributed by atoms with Crippen LogP contribution in [0.3, 0.4) is 0 Å². The highest BCUT2D eigenvalue weighted by molar-refractivity contribution is 6.31. The van der Waals surface area contributed by atoms with Crippen LogP contribution in [0, 0.1) is 0 Å². The highest BCUT2D eigenvalue weighted by Crippen LogP contribution is 2.14. The molecule has 0 aliphatic heterocycles. The molecule has 0 fully saturated rings. The van der Waals surface area contributed by atoms with E-state index in [-0.39, 0.29) is 11.8 Å². The third kappa shape index (κ3) is 5.08. The minimum atomic E-state index is -0.221. The molecule has 2 amide bonds. The Bertz CT molecular complexity index is 702. The molecule has 5 nitrogen and oxygen atoms in total. The molecule has 2 rings (SSSR count). The van der Waals surface area contributed by atoms with Crippen LogP contribution in [0.15, 0.2) is 48.5 Å². The molecule has 2 N–H and O–H groups in total. The first-order valence-electron chi connectivity index (χ1n) is 7.50. The normalized spacial score (nSPS) is 10.2. The predicted molar refractivity (Wildman–Crippen MR) is 93.3 cm³/mol. The number of carbonyl (C=O) groups is 2. The van der Waals surface area contributed by atoms with Crippen LogP contribution in [0.5, 0.6) is 0 Å². The van der Waals surface area contributed by atoms with Crippen molar-refractivity contribution < 1.29 is 14.3 Å². The van der Waals surface area contributed by atoms with Crippen molar-refractivity contribution in [1.29, 1.82) is 0 Å². The van der Waals surface area contributed by atoms with Crippen LogP contribution < -0.4 is 10.6 Å². The van der Waals surface area contributed by atoms with E-state index in [1.807, 2.05) is 18.2 Å². The van der Waals surface area contributed by atoms with Crippen molar-refractivity contribution in [2.24, 2.45) is 0 Å². The minimum absolute atomic E-state index is 0.199. The molecule has 0 saturated heterocycles. The molecule has 126 valence electrons. The van der Waals surface area contributed by atoms with Gasteiger partial charge < -0.3 is 15.4 Å². The lowest BCUT2D eigenvalue weighted by molar-refractivity contribution is 0.0930. The number of carbonyl (C=O) groups excluding carboxylic acids is 2. The van der Waals surface area contributed by atoms with E-state index >= 15 is 0 Å². The third-order valence-corrected chi connectivity index (χ3v) is 3.77. The fourth-order valence-electron chi connectivity index (χ4n) is 2.06. The van der Waals surface area contributed by atoms with E-state index in [1.165, 1.54) is 0 Å². The number of hydrogen-bond acceptors (Lipinski definition) is 3. The van der Waals surface area contributed by atoms with Crippen molar-refractivity contribution in [2.45, 2.75) is 6.54 Å². The van der Waals surface area contributed by atoms with Gasteiger partial charge in [-0.25, -0.2) is 0 Å². The number of amides is 2. The Balaban J connectivity index is 1.91. The Morgan fingerprint density at radius 1 is 0.958 bits per heavy atom. The molecule has 0 spiro atoms. The Hall–Kier alpha value is -2.37. The third-order valence-electron chi connectivity index (χ3n) is 3.40. The van der Waals surface area contributed by atoms with E-state index in [2.05, 4.69) is 10.6 Å². The van der Waals surface area contributed by atoms with Gasteiger partial charge in [0.05, 0.1) is 6.61 Å². The Labute approximate surface area is 146 Å². The predicted octanol–water partition coefficient (Wildman–Crippen LogP) is 2.65. The largest absolute Gasteiger partial charge is 0.383 e. The Kier molecular flexibility index (Phi) is 6.78. The molecule has 0 radical (unpaired) electrons. The van der Waals surface area contributed by atoms with E-state index < -0.39 is 0 Å². The molecule has 0 aliphatic rings. The van der Waals surface area contributed by atoms with Gasteiger partial charge in [0.2, 0.25) is 0 Å². The summed E-state index contributed by atoms with van der Waals surface area (Å²) >= 11 is 6.06. The molecular formula is C18H19ClN2O3. The van der Waals surface area contributed by atoms with Crippen molar-refractivity contribution in [2.75, 3.05) is 20.3 Å². The van der Waals surface area contributed by atoms with Crippen LogP contribution in [0.2, 0.25) is 5.02 Å². The fourth-order valence-corrected chi connectivity index (χ4v) is 2.26. The molecule has 0 bridgehead atoms. The average molecular weight is 347 g/mol. The number of nitrogens with one attached hydrogen (secondary N) is 2. The number of benzene rings is 2. The Morgan fingerprint density at radius 2 is 1.54 bits per heavy atom. The molecule has 0 heterocycles. The molecule has 2 aromatic rings. The topological polar surface area (TPSA) is 67.4 Å². The standard InChI is InChI=1S/C18H19ClN2O3/c1-24-11-10-20-17(22)13-6-8-14(9-7-13)18(23)21-12-15-4-2-3-5-16(15)19/h2-9H,10-12H2,1H3,(H,20,22)(H,21,23). The summed E-state index contributed by atoms with van der Waals surface area (Å²) in [6, 6.07) is 13.8. The summed E-state index contributed by atoms with van der Waals surface area (Å²) in [7, 11) is 1.57. The first-order chi connectivity index (χ1) is 11.6. The highest BCUT2D eigenvalue weighted by atomic mass is 35.5. The van der Waals surface area contributed by atoms with Crippen LogP contribution >= 0.6 is 11.6 Å². The van der Waals surface area contributed by atoms with E-state index in [0.29, 0.717) is 35.8 Å². The van der Waals surface area contributed by atoms with Crippen LogP contribution in [-0.4, -0.2) is 32.1 Å². The smallest absolute Gasteiger partial charge is 0.251 e. The molecule has 0 aromatic heterocycles. The van der Waals surface area contributed by atoms with Gasteiger partial charge in [-0.3, -0.25) is 9.59 Å². The zero-order chi connectivity index (χ0) is 17.4. The first-order valence-corrected chi connectivity index (χ1v) is 7.88. The van der Waals surface area contributed by atoms with Gasteiger partial charge in [0.1, 0.15) is 0 Å². The van der Waals surface area contributed by atoms with Crippen LogP contribution in [-0.2, 0) is 11.3 Å². The molecule has 2 aromatic carbocycles. The van der Waals surface area contributed by atoms with Crippen molar-refractivity contribution in [1.82, 2.24) is 10.6 Å². The number of rotatable bonds is 7. The quantitative estimate of drug-likeness (QED) is 0.757. The maximum atomic E-state index is 12.2. The van der Waals surface area contributed by atoms with E-state index in [9.17, 15) is 9.59 Å². The van der Waals surface area contributed by atoms with Gasteiger partial charge >= 0.3 is 0 Å². The summed E-state index contributed by atoms with van der Waals surface area (Å²) in [5.41, 5.74) is 1.82. The van der Waals surface area contributed by atoms with Crippen molar-refractivity contribution in [3.63, 3.8) is 0 Å². The zero-order valence-corrected chi connectivity index (χ0v) is 14.1. The average Bonchev–Trinajstić information content (AvgIpc) is 2.61. The van der Waals surface area contributed by atoms with Crippen LogP contribution in [0.25, 0.3) is 0 Å². The van der Waals surface area contributed by atoms with Crippen molar-refractivity contribution in [3.8, 4) is 0 Å². The Morgan fingerprint density at radius 3 is 2.12 bits per heavy atom.